The third kappa shape index (κ3) is 3.49. The van der Waals surface area contributed by atoms with Gasteiger partial charge in [-0.3, -0.25) is 14.9 Å². The van der Waals surface area contributed by atoms with Gasteiger partial charge < -0.3 is 0 Å². The molecule has 0 N–H and O–H groups in total. The second kappa shape index (κ2) is 5.77. The van der Waals surface area contributed by atoms with Crippen molar-refractivity contribution >= 4 is 39.8 Å². The zero-order chi connectivity index (χ0) is 13.8. The summed E-state index contributed by atoms with van der Waals surface area (Å²) in [6, 6.07) is 8.04. The third-order valence-electron chi connectivity index (χ3n) is 2.32. The number of nitrogens with zero attached hydrogens (tertiary/aromatic N) is 1. The van der Waals surface area contributed by atoms with Crippen molar-refractivity contribution in [3.05, 3.63) is 68.1 Å². The molecular weight excluding hydrogens is 286 g/mol. The number of carbonyl (C=O) groups excluding carboxylic acids is 1. The van der Waals surface area contributed by atoms with Crippen molar-refractivity contribution in [2.24, 2.45) is 0 Å². The Hall–Kier alpha value is -1.98. The Balaban J connectivity index is 2.13. The number of thiophene rings is 1. The lowest BCUT2D eigenvalue weighted by molar-refractivity contribution is -0.380. The second-order valence-corrected chi connectivity index (χ2v) is 5.01. The van der Waals surface area contributed by atoms with E-state index in [2.05, 4.69) is 0 Å². The Morgan fingerprint density at radius 3 is 2.79 bits per heavy atom. The summed E-state index contributed by atoms with van der Waals surface area (Å²) in [5, 5.41) is 12.7. The highest BCUT2D eigenvalue weighted by Crippen LogP contribution is 2.23. The van der Waals surface area contributed by atoms with Gasteiger partial charge in [-0.1, -0.05) is 35.1 Å². The first kappa shape index (κ1) is 13.5. The highest BCUT2D eigenvalue weighted by Gasteiger charge is 2.08. The number of nitro groups is 1. The minimum Gasteiger partial charge on any atom is -0.289 e. The molecule has 1 aromatic heterocycles. The quantitative estimate of drug-likeness (QED) is 0.367. The van der Waals surface area contributed by atoms with E-state index in [1.165, 1.54) is 12.1 Å². The highest BCUT2D eigenvalue weighted by molar-refractivity contribution is 7.13. The number of allylic oxidation sites excluding steroid dienone is 1. The van der Waals surface area contributed by atoms with Crippen LogP contribution in [0.25, 0.3) is 6.08 Å². The summed E-state index contributed by atoms with van der Waals surface area (Å²) < 4.78 is 0. The van der Waals surface area contributed by atoms with Crippen molar-refractivity contribution in [2.75, 3.05) is 0 Å². The Morgan fingerprint density at radius 2 is 2.16 bits per heavy atom. The molecule has 0 unspecified atom stereocenters. The van der Waals surface area contributed by atoms with E-state index in [9.17, 15) is 14.9 Å². The summed E-state index contributed by atoms with van der Waals surface area (Å²) in [6.45, 7) is 0. The summed E-state index contributed by atoms with van der Waals surface area (Å²) in [5.41, 5.74) is 1.11. The number of halogens is 1. The van der Waals surface area contributed by atoms with E-state index >= 15 is 0 Å². The van der Waals surface area contributed by atoms with Crippen LogP contribution in [0.4, 0.5) is 5.00 Å². The molecule has 1 aromatic carbocycles. The zero-order valence-electron chi connectivity index (χ0n) is 9.58. The molecule has 0 aliphatic carbocycles. The van der Waals surface area contributed by atoms with Crippen molar-refractivity contribution in [2.45, 2.75) is 0 Å². The van der Waals surface area contributed by atoms with Gasteiger partial charge in [-0.25, -0.2) is 0 Å². The molecule has 0 radical (unpaired) electrons. The largest absolute Gasteiger partial charge is 0.324 e. The first-order valence-corrected chi connectivity index (χ1v) is 6.53. The molecule has 1 heterocycles. The summed E-state index contributed by atoms with van der Waals surface area (Å²) in [6.07, 6.45) is 2.92. The SMILES string of the molecule is O=C(/C=C\c1csc([N+](=O)[O-])c1)c1cccc(Cl)c1. The Labute approximate surface area is 118 Å². The van der Waals surface area contributed by atoms with Gasteiger partial charge in [0.2, 0.25) is 0 Å². The first-order chi connectivity index (χ1) is 9.06. The molecule has 0 bridgehead atoms. The molecule has 2 aromatic rings. The van der Waals surface area contributed by atoms with Gasteiger partial charge >= 0.3 is 5.00 Å². The summed E-state index contributed by atoms with van der Waals surface area (Å²) in [4.78, 5) is 21.9. The average molecular weight is 294 g/mol. The van der Waals surface area contributed by atoms with Crippen LogP contribution in [0.3, 0.4) is 0 Å². The summed E-state index contributed by atoms with van der Waals surface area (Å²) in [5.74, 6) is -0.198. The standard InChI is InChI=1S/C13H8ClNO3S/c14-11-3-1-2-10(7-11)12(16)5-4-9-6-13(15(17)18)19-8-9/h1-8H/b5-4-. The molecule has 2 rings (SSSR count). The van der Waals surface area contributed by atoms with Crippen LogP contribution in [-0.4, -0.2) is 10.7 Å². The maximum absolute atomic E-state index is 11.8. The molecule has 19 heavy (non-hydrogen) atoms. The van der Waals surface area contributed by atoms with Crippen LogP contribution in [0, 0.1) is 10.1 Å². The minimum atomic E-state index is -0.458. The maximum atomic E-state index is 11.8. The number of benzene rings is 1. The molecule has 96 valence electrons. The molecule has 0 saturated heterocycles. The van der Waals surface area contributed by atoms with Crippen molar-refractivity contribution in [1.29, 1.82) is 0 Å². The fourth-order valence-electron chi connectivity index (χ4n) is 1.43. The molecular formula is C13H8ClNO3S. The van der Waals surface area contributed by atoms with Gasteiger partial charge in [0.1, 0.15) is 0 Å². The lowest BCUT2D eigenvalue weighted by Crippen LogP contribution is -1.93. The van der Waals surface area contributed by atoms with E-state index in [4.69, 9.17) is 11.6 Å². The van der Waals surface area contributed by atoms with Gasteiger partial charge in [-0.2, -0.15) is 0 Å². The number of hydrogen-bond acceptors (Lipinski definition) is 4. The second-order valence-electron chi connectivity index (χ2n) is 3.68. The predicted octanol–water partition coefficient (Wildman–Crippen LogP) is 4.21. The van der Waals surface area contributed by atoms with E-state index in [-0.39, 0.29) is 10.8 Å². The number of carbonyl (C=O) groups is 1. The van der Waals surface area contributed by atoms with Crippen molar-refractivity contribution < 1.29 is 9.72 Å². The molecule has 4 nitrogen and oxygen atoms in total. The van der Waals surface area contributed by atoms with Gasteiger partial charge in [-0.15, -0.1) is 0 Å². The Bertz CT molecular complexity index is 663. The van der Waals surface area contributed by atoms with E-state index < -0.39 is 4.92 Å². The van der Waals surface area contributed by atoms with Gasteiger partial charge in [0.25, 0.3) is 0 Å². The van der Waals surface area contributed by atoms with Crippen LogP contribution in [-0.2, 0) is 0 Å². The molecule has 6 heteroatoms. The fourth-order valence-corrected chi connectivity index (χ4v) is 2.32. The molecule has 0 atom stereocenters. The van der Waals surface area contributed by atoms with Crippen LogP contribution < -0.4 is 0 Å². The smallest absolute Gasteiger partial charge is 0.289 e. The average Bonchev–Trinajstić information content (AvgIpc) is 2.85. The number of rotatable bonds is 4. The predicted molar refractivity (Wildman–Crippen MR) is 75.8 cm³/mol. The van der Waals surface area contributed by atoms with Crippen molar-refractivity contribution in [3.8, 4) is 0 Å². The van der Waals surface area contributed by atoms with Crippen LogP contribution in [0.5, 0.6) is 0 Å². The van der Waals surface area contributed by atoms with Gasteiger partial charge in [0.15, 0.2) is 5.78 Å². The summed E-state index contributed by atoms with van der Waals surface area (Å²) in [7, 11) is 0. The molecule has 0 fully saturated rings. The molecule has 0 aliphatic heterocycles. The Morgan fingerprint density at radius 1 is 1.37 bits per heavy atom. The molecule has 0 saturated carbocycles. The Kier molecular flexibility index (Phi) is 4.09. The number of hydrogen-bond donors (Lipinski definition) is 0. The van der Waals surface area contributed by atoms with E-state index in [0.29, 0.717) is 16.1 Å². The van der Waals surface area contributed by atoms with Crippen molar-refractivity contribution in [1.82, 2.24) is 0 Å². The van der Waals surface area contributed by atoms with Crippen LogP contribution >= 0.6 is 22.9 Å². The minimum absolute atomic E-state index is 0.0508. The lowest BCUT2D eigenvalue weighted by Gasteiger charge is -1.95. The molecule has 0 aliphatic rings. The van der Waals surface area contributed by atoms with Gasteiger partial charge in [-0.05, 0) is 29.8 Å². The van der Waals surface area contributed by atoms with Crippen LogP contribution in [0.15, 0.2) is 41.8 Å². The number of ketones is 1. The zero-order valence-corrected chi connectivity index (χ0v) is 11.1. The summed E-state index contributed by atoms with van der Waals surface area (Å²) >= 11 is 6.82. The van der Waals surface area contributed by atoms with Crippen molar-refractivity contribution in [3.63, 3.8) is 0 Å². The fraction of sp³-hybridized carbons (Fsp3) is 0. The van der Waals surface area contributed by atoms with E-state index in [0.717, 1.165) is 11.3 Å². The topological polar surface area (TPSA) is 60.2 Å². The molecule has 0 amide bonds. The van der Waals surface area contributed by atoms with Gasteiger partial charge in [0.05, 0.1) is 4.92 Å². The highest BCUT2D eigenvalue weighted by atomic mass is 35.5. The van der Waals surface area contributed by atoms with E-state index in [1.807, 2.05) is 0 Å². The normalized spacial score (nSPS) is 10.8. The van der Waals surface area contributed by atoms with Gasteiger partial charge in [0, 0.05) is 22.0 Å². The van der Waals surface area contributed by atoms with E-state index in [1.54, 1.807) is 35.7 Å². The molecule has 0 spiro atoms. The third-order valence-corrected chi connectivity index (χ3v) is 3.46. The lowest BCUT2D eigenvalue weighted by atomic mass is 10.1. The van der Waals surface area contributed by atoms with Crippen LogP contribution in [0.2, 0.25) is 5.02 Å². The van der Waals surface area contributed by atoms with Crippen LogP contribution in [0.1, 0.15) is 15.9 Å². The monoisotopic (exact) mass is 293 g/mol. The first-order valence-electron chi connectivity index (χ1n) is 5.27. The maximum Gasteiger partial charge on any atom is 0.324 e.